The first kappa shape index (κ1) is 26.2. The van der Waals surface area contributed by atoms with Gasteiger partial charge in [-0.2, -0.15) is 0 Å². The molecule has 4 aliphatic rings. The molecule has 0 spiro atoms. The number of hydrogen-bond acceptors (Lipinski definition) is 7. The van der Waals surface area contributed by atoms with Gasteiger partial charge in [0.15, 0.2) is 18.0 Å². The third kappa shape index (κ3) is 3.26. The monoisotopic (exact) mass is 512 g/mol. The second kappa shape index (κ2) is 8.61. The Morgan fingerprint density at radius 1 is 1.19 bits per heavy atom. The Kier molecular flexibility index (Phi) is 6.27. The third-order valence-electron chi connectivity index (χ3n) is 9.38. The molecule has 36 heavy (non-hydrogen) atoms. The topological polar surface area (TPSA) is 107 Å². The van der Waals surface area contributed by atoms with Crippen LogP contribution < -0.4 is 0 Å². The number of aliphatic hydroxyl groups excluding tert-OH is 1. The number of ketones is 2. The molecule has 0 bridgehead atoms. The summed E-state index contributed by atoms with van der Waals surface area (Å²) >= 11 is 7.42. The summed E-state index contributed by atoms with van der Waals surface area (Å²) < 4.78 is 10.7. The SMILES string of the molecule is C#CC(=O)OCC(=O)[C@@]1(OC(=O)C#C)C(C)CC2C3CC=C4CC(=O)C=CC4(C)C3(Cl)C(O)CC21C. The highest BCUT2D eigenvalue weighted by Crippen LogP contribution is 2.71. The van der Waals surface area contributed by atoms with Crippen molar-refractivity contribution in [2.75, 3.05) is 6.61 Å². The van der Waals surface area contributed by atoms with E-state index in [1.54, 1.807) is 25.8 Å². The molecule has 4 rings (SSSR count). The summed E-state index contributed by atoms with van der Waals surface area (Å²) in [5, 5.41) is 11.7. The van der Waals surface area contributed by atoms with E-state index >= 15 is 0 Å². The van der Waals surface area contributed by atoms with Gasteiger partial charge >= 0.3 is 11.9 Å². The Labute approximate surface area is 215 Å². The number of terminal acetylenes is 2. The first-order valence-corrected chi connectivity index (χ1v) is 12.3. The quantitative estimate of drug-likeness (QED) is 0.203. The molecule has 2 saturated carbocycles. The van der Waals surface area contributed by atoms with Crippen LogP contribution in [0.2, 0.25) is 0 Å². The van der Waals surface area contributed by atoms with Crippen LogP contribution in [0.3, 0.4) is 0 Å². The molecule has 0 aromatic rings. The number of alkyl halides is 1. The molecule has 8 atom stereocenters. The summed E-state index contributed by atoms with van der Waals surface area (Å²) in [6, 6.07) is 0. The number of esters is 2. The zero-order valence-electron chi connectivity index (χ0n) is 20.5. The van der Waals surface area contributed by atoms with Gasteiger partial charge in [0.05, 0.1) is 11.0 Å². The Bertz CT molecular complexity index is 1190. The van der Waals surface area contributed by atoms with E-state index < -0.39 is 57.7 Å². The maximum Gasteiger partial charge on any atom is 0.385 e. The van der Waals surface area contributed by atoms with Gasteiger partial charge in [0, 0.05) is 35.0 Å². The van der Waals surface area contributed by atoms with Crippen LogP contribution in [0.5, 0.6) is 0 Å². The maximum absolute atomic E-state index is 13.7. The lowest BCUT2D eigenvalue weighted by atomic mass is 9.46. The fourth-order valence-electron chi connectivity index (χ4n) is 7.76. The summed E-state index contributed by atoms with van der Waals surface area (Å²) in [7, 11) is 0. The Morgan fingerprint density at radius 3 is 2.50 bits per heavy atom. The van der Waals surface area contributed by atoms with Gasteiger partial charge in [-0.3, -0.25) is 9.59 Å². The number of hydrogen-bond donors (Lipinski definition) is 1. The summed E-state index contributed by atoms with van der Waals surface area (Å²) in [5.74, 6) is -0.101. The second-order valence-corrected chi connectivity index (χ2v) is 11.4. The van der Waals surface area contributed by atoms with Gasteiger partial charge in [-0.25, -0.2) is 9.59 Å². The molecule has 7 nitrogen and oxygen atoms in total. The minimum atomic E-state index is -1.77. The van der Waals surface area contributed by atoms with Gasteiger partial charge < -0.3 is 14.6 Å². The largest absolute Gasteiger partial charge is 0.448 e. The van der Waals surface area contributed by atoms with Crippen molar-refractivity contribution in [3.05, 3.63) is 23.8 Å². The first-order chi connectivity index (χ1) is 16.8. The van der Waals surface area contributed by atoms with E-state index in [2.05, 4.69) is 0 Å². The number of Topliss-reactive ketones (excluding diaryl/α,β-unsaturated/α-hetero) is 1. The molecule has 190 valence electrons. The Hall–Kier alpha value is -2.87. The lowest BCUT2D eigenvalue weighted by Gasteiger charge is -2.63. The summed E-state index contributed by atoms with van der Waals surface area (Å²) in [4.78, 5) is 48.7. The molecule has 7 unspecified atom stereocenters. The van der Waals surface area contributed by atoms with Crippen LogP contribution in [0, 0.1) is 53.3 Å². The molecule has 0 heterocycles. The molecule has 0 radical (unpaired) electrons. The van der Waals surface area contributed by atoms with Crippen molar-refractivity contribution >= 4 is 35.1 Å². The summed E-state index contributed by atoms with van der Waals surface area (Å²) in [5.41, 5.74) is -2.74. The van der Waals surface area contributed by atoms with E-state index in [0.717, 1.165) is 5.57 Å². The number of ether oxygens (including phenoxy) is 2. The number of aliphatic hydroxyl groups is 1. The summed E-state index contributed by atoms with van der Waals surface area (Å²) in [6.45, 7) is 4.81. The minimum Gasteiger partial charge on any atom is -0.448 e. The first-order valence-electron chi connectivity index (χ1n) is 12.0. The Morgan fingerprint density at radius 2 is 1.86 bits per heavy atom. The lowest BCUT2D eigenvalue weighted by molar-refractivity contribution is -0.198. The second-order valence-electron chi connectivity index (χ2n) is 10.8. The molecule has 0 aromatic carbocycles. The fourth-order valence-corrected chi connectivity index (χ4v) is 8.26. The van der Waals surface area contributed by atoms with Gasteiger partial charge in [-0.15, -0.1) is 24.4 Å². The van der Waals surface area contributed by atoms with Crippen molar-refractivity contribution in [2.45, 2.75) is 63.0 Å². The molecule has 0 saturated heterocycles. The van der Waals surface area contributed by atoms with E-state index in [9.17, 15) is 24.3 Å². The van der Waals surface area contributed by atoms with Crippen LogP contribution in [0.15, 0.2) is 23.8 Å². The average molecular weight is 513 g/mol. The average Bonchev–Trinajstić information content (AvgIpc) is 3.05. The molecule has 4 aliphatic carbocycles. The summed E-state index contributed by atoms with van der Waals surface area (Å²) in [6.07, 6.45) is 15.8. The number of halogens is 1. The van der Waals surface area contributed by atoms with E-state index in [1.165, 1.54) is 6.08 Å². The highest BCUT2D eigenvalue weighted by molar-refractivity contribution is 6.26. The Balaban J connectivity index is 1.83. The van der Waals surface area contributed by atoms with Crippen molar-refractivity contribution in [2.24, 2.45) is 28.6 Å². The molecule has 0 amide bonds. The molecule has 0 aliphatic heterocycles. The van der Waals surface area contributed by atoms with Crippen molar-refractivity contribution in [3.63, 3.8) is 0 Å². The fraction of sp³-hybridized carbons (Fsp3) is 0.571. The normalized spacial score (nSPS) is 42.5. The number of allylic oxidation sites excluding steroid dienone is 4. The van der Waals surface area contributed by atoms with E-state index in [-0.39, 0.29) is 30.5 Å². The van der Waals surface area contributed by atoms with Gasteiger partial charge in [0.25, 0.3) is 0 Å². The van der Waals surface area contributed by atoms with E-state index in [1.807, 2.05) is 18.9 Å². The molecular formula is C28H29ClO7. The van der Waals surface area contributed by atoms with Crippen LogP contribution in [-0.2, 0) is 28.7 Å². The van der Waals surface area contributed by atoms with Gasteiger partial charge in [0.2, 0.25) is 5.78 Å². The standard InChI is InChI=1S/C28H29ClO7/c1-6-23(33)35-15-22(32)28(36-24(34)7-2)16(3)12-20-19-9-8-17-13-18(30)10-11-25(17,4)27(19,29)21(31)14-26(20,28)5/h1-2,8,10-11,16,19-21,31H,9,12-15H2,3-5H3/t16?,19?,20?,21?,25?,26?,27?,28-/m0/s1. The van der Waals surface area contributed by atoms with Crippen LogP contribution in [-0.4, -0.2) is 51.8 Å². The number of fused-ring (bicyclic) bond motifs is 5. The minimum absolute atomic E-state index is 0.0191. The highest BCUT2D eigenvalue weighted by Gasteiger charge is 2.76. The molecular weight excluding hydrogens is 484 g/mol. The number of carbonyl (C=O) groups is 4. The van der Waals surface area contributed by atoms with Crippen LogP contribution >= 0.6 is 11.6 Å². The molecule has 1 N–H and O–H groups in total. The highest BCUT2D eigenvalue weighted by atomic mass is 35.5. The van der Waals surface area contributed by atoms with Crippen LogP contribution in [0.1, 0.15) is 46.5 Å². The third-order valence-corrected chi connectivity index (χ3v) is 10.3. The number of rotatable bonds is 4. The van der Waals surface area contributed by atoms with Crippen molar-refractivity contribution < 1.29 is 33.8 Å². The van der Waals surface area contributed by atoms with Crippen LogP contribution in [0.25, 0.3) is 0 Å². The van der Waals surface area contributed by atoms with Gasteiger partial charge in [0.1, 0.15) is 0 Å². The van der Waals surface area contributed by atoms with Crippen molar-refractivity contribution in [1.29, 1.82) is 0 Å². The maximum atomic E-state index is 13.7. The van der Waals surface area contributed by atoms with Crippen LogP contribution in [0.4, 0.5) is 0 Å². The molecule has 2 fully saturated rings. The molecule has 8 heteroatoms. The predicted molar refractivity (Wildman–Crippen MR) is 130 cm³/mol. The zero-order valence-corrected chi connectivity index (χ0v) is 21.3. The zero-order chi connectivity index (χ0) is 26.7. The van der Waals surface area contributed by atoms with Crippen molar-refractivity contribution in [1.82, 2.24) is 0 Å². The lowest BCUT2D eigenvalue weighted by Crippen LogP contribution is -2.69. The molecule has 0 aromatic heterocycles. The number of carbonyl (C=O) groups excluding carboxylic acids is 4. The van der Waals surface area contributed by atoms with Gasteiger partial charge in [-0.05, 0) is 37.2 Å². The van der Waals surface area contributed by atoms with E-state index in [0.29, 0.717) is 12.8 Å². The van der Waals surface area contributed by atoms with Crippen molar-refractivity contribution in [3.8, 4) is 24.7 Å². The van der Waals surface area contributed by atoms with E-state index in [4.69, 9.17) is 33.9 Å². The predicted octanol–water partition coefficient (Wildman–Crippen LogP) is 2.53. The van der Waals surface area contributed by atoms with Gasteiger partial charge in [-0.1, -0.05) is 38.5 Å². The smallest absolute Gasteiger partial charge is 0.385 e.